The second-order valence-corrected chi connectivity index (χ2v) is 5.17. The summed E-state index contributed by atoms with van der Waals surface area (Å²) in [6.07, 6.45) is -0.514. The molecule has 0 radical (unpaired) electrons. The molecule has 1 atom stereocenters. The van der Waals surface area contributed by atoms with E-state index in [-0.39, 0.29) is 18.7 Å². The van der Waals surface area contributed by atoms with Crippen LogP contribution in [0.2, 0.25) is 0 Å². The highest BCUT2D eigenvalue weighted by molar-refractivity contribution is 9.10. The van der Waals surface area contributed by atoms with Crippen LogP contribution in [0.5, 0.6) is 0 Å². The molecular weight excluding hydrogens is 314 g/mol. The average Bonchev–Trinajstić information content (AvgIpc) is 2.39. The fourth-order valence-electron chi connectivity index (χ4n) is 1.98. The number of carbonyl (C=O) groups excluding carboxylic acids is 1. The lowest BCUT2D eigenvalue weighted by Crippen LogP contribution is -2.48. The maximum atomic E-state index is 12.2. The van der Waals surface area contributed by atoms with Gasteiger partial charge >= 0.3 is 5.97 Å². The Balaban J connectivity index is 2.07. The number of amides is 1. The first-order chi connectivity index (χ1) is 9.08. The van der Waals surface area contributed by atoms with Crippen LogP contribution >= 0.6 is 15.9 Å². The maximum Gasteiger partial charge on any atom is 0.303 e. The Bertz CT molecular complexity index is 474. The van der Waals surface area contributed by atoms with Gasteiger partial charge in [0.05, 0.1) is 6.61 Å². The Morgan fingerprint density at radius 1 is 1.42 bits per heavy atom. The van der Waals surface area contributed by atoms with Gasteiger partial charge in [0.1, 0.15) is 6.10 Å². The molecule has 1 heterocycles. The van der Waals surface area contributed by atoms with E-state index < -0.39 is 12.1 Å². The predicted octanol–water partition coefficient (Wildman–Crippen LogP) is 2.05. The Hall–Kier alpha value is -1.40. The third-order valence-corrected chi connectivity index (χ3v) is 3.46. The molecular formula is C13H14BrNO4. The predicted molar refractivity (Wildman–Crippen MR) is 73.1 cm³/mol. The number of carboxylic acid groups (broad SMARTS) is 1. The summed E-state index contributed by atoms with van der Waals surface area (Å²) in [4.78, 5) is 24.4. The van der Waals surface area contributed by atoms with Crippen molar-refractivity contribution in [1.82, 2.24) is 0 Å². The summed E-state index contributed by atoms with van der Waals surface area (Å²) in [6, 6.07) is 7.43. The van der Waals surface area contributed by atoms with Gasteiger partial charge in [0.2, 0.25) is 0 Å². The molecule has 0 bridgehead atoms. The van der Waals surface area contributed by atoms with E-state index in [1.54, 1.807) is 4.90 Å². The van der Waals surface area contributed by atoms with Crippen molar-refractivity contribution in [2.75, 3.05) is 18.1 Å². The molecule has 1 saturated heterocycles. The van der Waals surface area contributed by atoms with Crippen LogP contribution in [0.25, 0.3) is 0 Å². The number of anilines is 1. The van der Waals surface area contributed by atoms with Gasteiger partial charge in [-0.1, -0.05) is 15.9 Å². The summed E-state index contributed by atoms with van der Waals surface area (Å²) >= 11 is 3.34. The average molecular weight is 328 g/mol. The van der Waals surface area contributed by atoms with Crippen molar-refractivity contribution < 1.29 is 19.4 Å². The van der Waals surface area contributed by atoms with Crippen LogP contribution in [0.4, 0.5) is 5.69 Å². The number of hydrogen-bond donors (Lipinski definition) is 1. The molecule has 1 unspecified atom stereocenters. The summed E-state index contributed by atoms with van der Waals surface area (Å²) in [5.41, 5.74) is 0.803. The molecule has 0 aliphatic carbocycles. The summed E-state index contributed by atoms with van der Waals surface area (Å²) in [7, 11) is 0. The van der Waals surface area contributed by atoms with Crippen LogP contribution in [0.15, 0.2) is 28.7 Å². The Morgan fingerprint density at radius 2 is 2.11 bits per heavy atom. The van der Waals surface area contributed by atoms with Gasteiger partial charge in [0.25, 0.3) is 5.91 Å². The number of carbonyl (C=O) groups is 2. The van der Waals surface area contributed by atoms with Gasteiger partial charge in [-0.15, -0.1) is 0 Å². The monoisotopic (exact) mass is 327 g/mol. The molecule has 1 fully saturated rings. The molecule has 1 aliphatic heterocycles. The zero-order valence-electron chi connectivity index (χ0n) is 10.2. The summed E-state index contributed by atoms with van der Waals surface area (Å²) in [6.45, 7) is 0.913. The van der Waals surface area contributed by atoms with Gasteiger partial charge < -0.3 is 14.7 Å². The standard InChI is InChI=1S/C13H14BrNO4/c14-9-1-3-10(4-2-9)15-7-8-19-11(13(15)18)5-6-12(16)17/h1-4,11H,5-8H2,(H,16,17). The minimum Gasteiger partial charge on any atom is -0.481 e. The van der Waals surface area contributed by atoms with E-state index in [0.717, 1.165) is 10.2 Å². The zero-order chi connectivity index (χ0) is 13.8. The Morgan fingerprint density at radius 3 is 2.74 bits per heavy atom. The van der Waals surface area contributed by atoms with E-state index in [1.165, 1.54) is 0 Å². The van der Waals surface area contributed by atoms with Crippen LogP contribution in [0, 0.1) is 0 Å². The quantitative estimate of drug-likeness (QED) is 0.919. The lowest BCUT2D eigenvalue weighted by Gasteiger charge is -2.32. The van der Waals surface area contributed by atoms with Crippen molar-refractivity contribution in [3.63, 3.8) is 0 Å². The normalized spacial score (nSPS) is 19.5. The van der Waals surface area contributed by atoms with Crippen LogP contribution in [-0.4, -0.2) is 36.2 Å². The first-order valence-corrected chi connectivity index (χ1v) is 6.77. The molecule has 1 N–H and O–H groups in total. The number of benzene rings is 1. The van der Waals surface area contributed by atoms with Crippen LogP contribution in [0.1, 0.15) is 12.8 Å². The minimum absolute atomic E-state index is 0.0649. The number of halogens is 1. The molecule has 0 spiro atoms. The molecule has 6 heteroatoms. The topological polar surface area (TPSA) is 66.8 Å². The second-order valence-electron chi connectivity index (χ2n) is 4.26. The fourth-order valence-corrected chi connectivity index (χ4v) is 2.24. The van der Waals surface area contributed by atoms with Crippen LogP contribution < -0.4 is 4.90 Å². The van der Waals surface area contributed by atoms with E-state index >= 15 is 0 Å². The summed E-state index contributed by atoms with van der Waals surface area (Å²) in [5, 5.41) is 8.66. The largest absolute Gasteiger partial charge is 0.481 e. The molecule has 5 nitrogen and oxygen atoms in total. The summed E-state index contributed by atoms with van der Waals surface area (Å²) in [5.74, 6) is -1.09. The van der Waals surface area contributed by atoms with E-state index in [1.807, 2.05) is 24.3 Å². The zero-order valence-corrected chi connectivity index (χ0v) is 11.8. The van der Waals surface area contributed by atoms with Gasteiger partial charge in [-0.25, -0.2) is 0 Å². The Labute approximate surface area is 119 Å². The maximum absolute atomic E-state index is 12.2. The lowest BCUT2D eigenvalue weighted by atomic mass is 10.1. The smallest absolute Gasteiger partial charge is 0.303 e. The number of morpholine rings is 1. The highest BCUT2D eigenvalue weighted by atomic mass is 79.9. The molecule has 0 aromatic heterocycles. The molecule has 1 aromatic rings. The number of rotatable bonds is 4. The highest BCUT2D eigenvalue weighted by Gasteiger charge is 2.30. The number of aliphatic carboxylic acids is 1. The van der Waals surface area contributed by atoms with Crippen molar-refractivity contribution in [2.24, 2.45) is 0 Å². The van der Waals surface area contributed by atoms with Crippen molar-refractivity contribution in [1.29, 1.82) is 0 Å². The second kappa shape index (κ2) is 6.16. The third kappa shape index (κ3) is 3.54. The third-order valence-electron chi connectivity index (χ3n) is 2.93. The lowest BCUT2D eigenvalue weighted by molar-refractivity contribution is -0.140. The molecule has 1 aromatic carbocycles. The first-order valence-electron chi connectivity index (χ1n) is 5.98. The number of ether oxygens (including phenoxy) is 1. The van der Waals surface area contributed by atoms with Gasteiger partial charge in [-0.3, -0.25) is 9.59 Å². The molecule has 0 saturated carbocycles. The minimum atomic E-state index is -0.919. The van der Waals surface area contributed by atoms with Crippen molar-refractivity contribution in [3.05, 3.63) is 28.7 Å². The summed E-state index contributed by atoms with van der Waals surface area (Å²) < 4.78 is 6.30. The van der Waals surface area contributed by atoms with Crippen LogP contribution in [0.3, 0.4) is 0 Å². The van der Waals surface area contributed by atoms with E-state index in [4.69, 9.17) is 9.84 Å². The van der Waals surface area contributed by atoms with E-state index in [0.29, 0.717) is 13.2 Å². The van der Waals surface area contributed by atoms with E-state index in [2.05, 4.69) is 15.9 Å². The van der Waals surface area contributed by atoms with Gasteiger partial charge in [0, 0.05) is 23.1 Å². The number of hydrogen-bond acceptors (Lipinski definition) is 3. The van der Waals surface area contributed by atoms with Gasteiger partial charge in [-0.05, 0) is 30.7 Å². The van der Waals surface area contributed by atoms with Crippen LogP contribution in [-0.2, 0) is 14.3 Å². The van der Waals surface area contributed by atoms with Crippen molar-refractivity contribution in [3.8, 4) is 0 Å². The molecule has 2 rings (SSSR count). The SMILES string of the molecule is O=C(O)CCC1OCCN(c2ccc(Br)cc2)C1=O. The molecule has 102 valence electrons. The molecule has 1 amide bonds. The first kappa shape index (κ1) is 14.0. The number of carboxylic acids is 1. The number of nitrogens with zero attached hydrogens (tertiary/aromatic N) is 1. The molecule has 19 heavy (non-hydrogen) atoms. The highest BCUT2D eigenvalue weighted by Crippen LogP contribution is 2.22. The van der Waals surface area contributed by atoms with E-state index in [9.17, 15) is 9.59 Å². The molecule has 1 aliphatic rings. The van der Waals surface area contributed by atoms with Gasteiger partial charge in [-0.2, -0.15) is 0 Å². The van der Waals surface area contributed by atoms with Gasteiger partial charge in [0.15, 0.2) is 0 Å². The Kier molecular flexibility index (Phi) is 4.55. The fraction of sp³-hybridized carbons (Fsp3) is 0.385. The van der Waals surface area contributed by atoms with Crippen molar-refractivity contribution >= 4 is 33.5 Å². The van der Waals surface area contributed by atoms with Crippen molar-refractivity contribution in [2.45, 2.75) is 18.9 Å².